The van der Waals surface area contributed by atoms with Crippen molar-refractivity contribution in [2.24, 2.45) is 4.99 Å². The van der Waals surface area contributed by atoms with E-state index in [0.29, 0.717) is 30.4 Å². The van der Waals surface area contributed by atoms with Gasteiger partial charge in [-0.15, -0.1) is 0 Å². The highest BCUT2D eigenvalue weighted by molar-refractivity contribution is 6.03. The molecule has 3 aliphatic rings. The number of aromatic nitrogens is 1. The van der Waals surface area contributed by atoms with E-state index in [9.17, 15) is 4.79 Å². The van der Waals surface area contributed by atoms with E-state index in [1.807, 2.05) is 73.5 Å². The van der Waals surface area contributed by atoms with Crippen LogP contribution in [0.25, 0.3) is 22.6 Å². The number of methoxy groups -OCH3 is 1. The molecule has 0 aliphatic carbocycles. The maximum Gasteiger partial charge on any atom is 0.256 e. The van der Waals surface area contributed by atoms with Gasteiger partial charge in [-0.1, -0.05) is 6.07 Å². The van der Waals surface area contributed by atoms with Gasteiger partial charge in [-0.2, -0.15) is 0 Å². The predicted octanol–water partition coefficient (Wildman–Crippen LogP) is 7.08. The summed E-state index contributed by atoms with van der Waals surface area (Å²) in [4.78, 5) is 29.4. The SMILES string of the molecule is COc1cc(-c2nc3ccc(C)cc3o2)ccc1OCCCCN1CCN(CCCCOc2cc3c(cc2C)C(=O)N2CCC[C@H]2C=N3)CC1. The monoisotopic (exact) mass is 679 g/mol. The lowest BCUT2D eigenvalue weighted by atomic mass is 10.1. The zero-order chi connectivity index (χ0) is 34.5. The van der Waals surface area contributed by atoms with E-state index in [4.69, 9.17) is 18.6 Å². The number of oxazole rings is 1. The Hall–Kier alpha value is -4.41. The van der Waals surface area contributed by atoms with Crippen molar-refractivity contribution >= 4 is 28.9 Å². The van der Waals surface area contributed by atoms with Gasteiger partial charge < -0.3 is 33.3 Å². The van der Waals surface area contributed by atoms with Gasteiger partial charge in [0, 0.05) is 50.6 Å². The normalized spacial score (nSPS) is 17.9. The van der Waals surface area contributed by atoms with E-state index in [1.54, 1.807) is 7.11 Å². The Morgan fingerprint density at radius 3 is 2.30 bits per heavy atom. The highest BCUT2D eigenvalue weighted by atomic mass is 16.5. The number of ether oxygens (including phenoxy) is 3. The molecule has 0 unspecified atom stereocenters. The van der Waals surface area contributed by atoms with Crippen molar-refractivity contribution in [3.05, 3.63) is 65.2 Å². The number of hydrogen-bond donors (Lipinski definition) is 0. The van der Waals surface area contributed by atoms with Crippen molar-refractivity contribution in [1.82, 2.24) is 19.7 Å². The molecule has 7 rings (SSSR count). The summed E-state index contributed by atoms with van der Waals surface area (Å²) in [6, 6.07) is 15.9. The second-order valence-corrected chi connectivity index (χ2v) is 13.8. The van der Waals surface area contributed by atoms with Gasteiger partial charge in [-0.25, -0.2) is 4.98 Å². The summed E-state index contributed by atoms with van der Waals surface area (Å²) in [5.74, 6) is 2.92. The first-order valence-corrected chi connectivity index (χ1v) is 18.2. The Balaban J connectivity index is 0.773. The summed E-state index contributed by atoms with van der Waals surface area (Å²) in [5.41, 5.74) is 6.05. The fourth-order valence-electron chi connectivity index (χ4n) is 7.18. The number of carbonyl (C=O) groups is 1. The second kappa shape index (κ2) is 15.6. The molecular weight excluding hydrogens is 630 g/mol. The highest BCUT2D eigenvalue weighted by Gasteiger charge is 2.32. The molecule has 0 bridgehead atoms. The van der Waals surface area contributed by atoms with E-state index in [1.165, 1.54) is 0 Å². The van der Waals surface area contributed by atoms with Gasteiger partial charge in [0.2, 0.25) is 5.89 Å². The molecule has 2 saturated heterocycles. The summed E-state index contributed by atoms with van der Waals surface area (Å²) >= 11 is 0. The lowest BCUT2D eigenvalue weighted by Crippen LogP contribution is -2.46. The van der Waals surface area contributed by atoms with E-state index in [2.05, 4.69) is 19.8 Å². The lowest BCUT2D eigenvalue weighted by molar-refractivity contribution is 0.0774. The minimum absolute atomic E-state index is 0.0937. The molecule has 1 atom stereocenters. The molecule has 0 saturated carbocycles. The molecular formula is C40H49N5O5. The zero-order valence-corrected chi connectivity index (χ0v) is 29.7. The van der Waals surface area contributed by atoms with E-state index < -0.39 is 0 Å². The number of carbonyl (C=O) groups excluding carboxylic acids is 1. The van der Waals surface area contributed by atoms with E-state index >= 15 is 0 Å². The number of unbranched alkanes of at least 4 members (excludes halogenated alkanes) is 2. The van der Waals surface area contributed by atoms with Crippen molar-refractivity contribution in [1.29, 1.82) is 0 Å². The molecule has 264 valence electrons. The maximum atomic E-state index is 13.1. The predicted molar refractivity (Wildman–Crippen MR) is 196 cm³/mol. The van der Waals surface area contributed by atoms with Crippen molar-refractivity contribution in [3.8, 4) is 28.7 Å². The van der Waals surface area contributed by atoms with Crippen molar-refractivity contribution in [2.75, 3.05) is 66.1 Å². The van der Waals surface area contributed by atoms with Crippen molar-refractivity contribution < 1.29 is 23.4 Å². The molecule has 50 heavy (non-hydrogen) atoms. The molecule has 10 heteroatoms. The number of nitrogens with zero attached hydrogens (tertiary/aromatic N) is 5. The third-order valence-electron chi connectivity index (χ3n) is 10.1. The number of rotatable bonds is 14. The van der Waals surface area contributed by atoms with Crippen LogP contribution in [-0.4, -0.2) is 104 Å². The Morgan fingerprint density at radius 1 is 0.820 bits per heavy atom. The minimum Gasteiger partial charge on any atom is -0.493 e. The second-order valence-electron chi connectivity index (χ2n) is 13.8. The van der Waals surface area contributed by atoms with E-state index in [0.717, 1.165) is 129 Å². The van der Waals surface area contributed by atoms with Crippen LogP contribution in [0.1, 0.15) is 60.0 Å². The highest BCUT2D eigenvalue weighted by Crippen LogP contribution is 2.35. The Morgan fingerprint density at radius 2 is 1.56 bits per heavy atom. The largest absolute Gasteiger partial charge is 0.493 e. The molecule has 0 spiro atoms. The number of amides is 1. The quantitative estimate of drug-likeness (QED) is 0.131. The third kappa shape index (κ3) is 7.81. The summed E-state index contributed by atoms with van der Waals surface area (Å²) in [7, 11) is 1.66. The average molecular weight is 680 g/mol. The Bertz CT molecular complexity index is 1830. The van der Waals surface area contributed by atoms with Gasteiger partial charge in [0.1, 0.15) is 11.3 Å². The molecule has 4 heterocycles. The van der Waals surface area contributed by atoms with Crippen LogP contribution < -0.4 is 14.2 Å². The smallest absolute Gasteiger partial charge is 0.256 e. The van der Waals surface area contributed by atoms with Crippen LogP contribution in [0.2, 0.25) is 0 Å². The van der Waals surface area contributed by atoms with Crippen LogP contribution in [0, 0.1) is 13.8 Å². The molecule has 0 N–H and O–H groups in total. The Kier molecular flexibility index (Phi) is 10.7. The van der Waals surface area contributed by atoms with Crippen LogP contribution in [0.4, 0.5) is 5.69 Å². The van der Waals surface area contributed by atoms with Gasteiger partial charge in [-0.3, -0.25) is 9.79 Å². The van der Waals surface area contributed by atoms with Gasteiger partial charge in [0.15, 0.2) is 17.1 Å². The van der Waals surface area contributed by atoms with E-state index in [-0.39, 0.29) is 11.9 Å². The number of fused-ring (bicyclic) bond motifs is 3. The molecule has 10 nitrogen and oxygen atoms in total. The molecule has 4 aromatic rings. The number of hydrogen-bond acceptors (Lipinski definition) is 9. The molecule has 3 aliphatic heterocycles. The number of benzene rings is 3. The van der Waals surface area contributed by atoms with Crippen LogP contribution >= 0.6 is 0 Å². The van der Waals surface area contributed by atoms with Crippen molar-refractivity contribution in [2.45, 2.75) is 58.4 Å². The van der Waals surface area contributed by atoms with Gasteiger partial charge in [-0.05, 0) is 113 Å². The fraction of sp³-hybridized carbons (Fsp3) is 0.475. The molecule has 0 radical (unpaired) electrons. The van der Waals surface area contributed by atoms with Crippen LogP contribution in [-0.2, 0) is 0 Å². The lowest BCUT2D eigenvalue weighted by Gasteiger charge is -2.34. The maximum absolute atomic E-state index is 13.1. The molecule has 1 amide bonds. The topological polar surface area (TPSA) is 92.9 Å². The molecule has 3 aromatic carbocycles. The van der Waals surface area contributed by atoms with Gasteiger partial charge >= 0.3 is 0 Å². The zero-order valence-electron chi connectivity index (χ0n) is 29.7. The first kappa shape index (κ1) is 34.1. The number of piperazine rings is 1. The summed E-state index contributed by atoms with van der Waals surface area (Å²) in [6.07, 6.45) is 8.16. The average Bonchev–Trinajstić information content (AvgIpc) is 3.76. The van der Waals surface area contributed by atoms with Gasteiger partial charge in [0.05, 0.1) is 37.6 Å². The fourth-order valence-corrected chi connectivity index (χ4v) is 7.18. The summed E-state index contributed by atoms with van der Waals surface area (Å²) in [5, 5.41) is 0. The summed E-state index contributed by atoms with van der Waals surface area (Å²) < 4.78 is 23.9. The standard InChI is InChI=1S/C40H49N5O5/c1-28-10-12-33-37(23-28)50-39(42-33)30-11-13-35(38(25-30)47-3)48-21-6-4-14-43-17-19-44(20-18-43)15-5-7-22-49-36-26-34-32(24-29(36)2)40(46)45-16-8-9-31(45)27-41-34/h10-13,23-27,31H,4-9,14-22H2,1-3H3/t31-/m0/s1. The van der Waals surface area contributed by atoms with Crippen LogP contribution in [0.5, 0.6) is 17.2 Å². The third-order valence-corrected chi connectivity index (χ3v) is 10.1. The number of aliphatic imine (C=N–C) groups is 1. The minimum atomic E-state index is 0.0937. The van der Waals surface area contributed by atoms with Crippen molar-refractivity contribution in [3.63, 3.8) is 0 Å². The first-order valence-electron chi connectivity index (χ1n) is 18.2. The first-order chi connectivity index (χ1) is 24.4. The Labute approximate surface area is 295 Å². The van der Waals surface area contributed by atoms with Gasteiger partial charge in [0.25, 0.3) is 5.91 Å². The summed E-state index contributed by atoms with van der Waals surface area (Å²) in [6.45, 7) is 12.8. The number of aryl methyl sites for hydroxylation is 2. The molecule has 1 aromatic heterocycles. The van der Waals surface area contributed by atoms with Crippen LogP contribution in [0.15, 0.2) is 57.9 Å². The van der Waals surface area contributed by atoms with Crippen LogP contribution in [0.3, 0.4) is 0 Å². The molecule has 2 fully saturated rings.